The number of imidazole rings is 1. The fraction of sp³-hybridized carbons (Fsp3) is 0.417. The lowest BCUT2D eigenvalue weighted by Crippen LogP contribution is -2.19. The van der Waals surface area contributed by atoms with E-state index in [1.807, 2.05) is 13.8 Å². The molecule has 1 aromatic heterocycles. The van der Waals surface area contributed by atoms with E-state index in [4.69, 9.17) is 0 Å². The third kappa shape index (κ3) is 2.43. The Hall–Kier alpha value is -1.52. The Morgan fingerprint density at radius 2 is 1.88 bits per heavy atom. The quantitative estimate of drug-likeness (QED) is 0.784. The van der Waals surface area contributed by atoms with Gasteiger partial charge in [-0.2, -0.15) is 13.2 Å². The normalized spacial score (nSPS) is 12.6. The van der Waals surface area contributed by atoms with Gasteiger partial charge in [0.1, 0.15) is 12.4 Å². The maximum atomic E-state index is 12.5. The van der Waals surface area contributed by atoms with Crippen LogP contribution in [0.2, 0.25) is 0 Å². The molecule has 0 atom stereocenters. The molecule has 1 heterocycles. The van der Waals surface area contributed by atoms with Crippen LogP contribution in [0.4, 0.5) is 13.2 Å². The van der Waals surface area contributed by atoms with E-state index in [-0.39, 0.29) is 5.92 Å². The molecule has 0 spiro atoms. The molecule has 2 aromatic rings. The summed E-state index contributed by atoms with van der Waals surface area (Å²) in [7, 11) is 0. The lowest BCUT2D eigenvalue weighted by Gasteiger charge is -2.13. The Morgan fingerprint density at radius 3 is 2.47 bits per heavy atom. The lowest BCUT2D eigenvalue weighted by atomic mass is 10.2. The predicted octanol–water partition coefficient (Wildman–Crippen LogP) is 3.72. The van der Waals surface area contributed by atoms with Crippen molar-refractivity contribution in [2.24, 2.45) is 0 Å². The number of halogens is 3. The third-order valence-electron chi connectivity index (χ3n) is 2.54. The molecule has 0 N–H and O–H groups in total. The van der Waals surface area contributed by atoms with E-state index in [1.165, 1.54) is 4.57 Å². The van der Waals surface area contributed by atoms with Crippen molar-refractivity contribution in [1.29, 1.82) is 0 Å². The molecule has 92 valence electrons. The van der Waals surface area contributed by atoms with Crippen molar-refractivity contribution in [2.75, 3.05) is 0 Å². The third-order valence-corrected chi connectivity index (χ3v) is 2.54. The van der Waals surface area contributed by atoms with Gasteiger partial charge in [-0.25, -0.2) is 4.98 Å². The number of nitrogens with zero attached hydrogens (tertiary/aromatic N) is 2. The number of para-hydroxylation sites is 2. The van der Waals surface area contributed by atoms with E-state index in [9.17, 15) is 13.2 Å². The fourth-order valence-corrected chi connectivity index (χ4v) is 1.88. The van der Waals surface area contributed by atoms with Crippen molar-refractivity contribution < 1.29 is 13.2 Å². The average molecular weight is 242 g/mol. The zero-order valence-electron chi connectivity index (χ0n) is 9.62. The van der Waals surface area contributed by atoms with Crippen LogP contribution in [-0.2, 0) is 6.54 Å². The van der Waals surface area contributed by atoms with Gasteiger partial charge in [0.2, 0.25) is 0 Å². The first-order chi connectivity index (χ1) is 7.88. The summed E-state index contributed by atoms with van der Waals surface area (Å²) in [5.74, 6) is 0.438. The average Bonchev–Trinajstić information content (AvgIpc) is 2.55. The smallest absolute Gasteiger partial charge is 0.319 e. The van der Waals surface area contributed by atoms with Gasteiger partial charge in [-0.15, -0.1) is 0 Å². The standard InChI is InChI=1S/C12H13F3N2/c1-8(2)11-16-9-5-3-4-6-10(9)17(11)7-12(13,14)15/h3-6,8H,7H2,1-2H3. The first-order valence-corrected chi connectivity index (χ1v) is 5.40. The predicted molar refractivity (Wildman–Crippen MR) is 59.9 cm³/mol. The van der Waals surface area contributed by atoms with Gasteiger partial charge in [0.15, 0.2) is 0 Å². The van der Waals surface area contributed by atoms with Crippen LogP contribution in [0.15, 0.2) is 24.3 Å². The van der Waals surface area contributed by atoms with Crippen LogP contribution in [0.1, 0.15) is 25.6 Å². The van der Waals surface area contributed by atoms with Crippen LogP contribution in [0.5, 0.6) is 0 Å². The SMILES string of the molecule is CC(C)c1nc2ccccc2n1CC(F)(F)F. The van der Waals surface area contributed by atoms with Crippen molar-refractivity contribution in [1.82, 2.24) is 9.55 Å². The van der Waals surface area contributed by atoms with E-state index >= 15 is 0 Å². The minimum absolute atomic E-state index is 0.0373. The number of aromatic nitrogens is 2. The summed E-state index contributed by atoms with van der Waals surface area (Å²) in [6, 6.07) is 6.90. The van der Waals surface area contributed by atoms with Gasteiger partial charge in [-0.1, -0.05) is 26.0 Å². The number of hydrogen-bond donors (Lipinski definition) is 0. The Kier molecular flexibility index (Phi) is 2.85. The number of alkyl halides is 3. The molecule has 2 nitrogen and oxygen atoms in total. The Morgan fingerprint density at radius 1 is 1.24 bits per heavy atom. The van der Waals surface area contributed by atoms with E-state index in [0.29, 0.717) is 16.9 Å². The van der Waals surface area contributed by atoms with E-state index in [2.05, 4.69) is 4.98 Å². The van der Waals surface area contributed by atoms with Crippen LogP contribution < -0.4 is 0 Å². The summed E-state index contributed by atoms with van der Waals surface area (Å²) in [6.45, 7) is 2.70. The molecular weight excluding hydrogens is 229 g/mol. The second-order valence-electron chi connectivity index (χ2n) is 4.31. The number of fused-ring (bicyclic) bond motifs is 1. The second-order valence-corrected chi connectivity index (χ2v) is 4.31. The topological polar surface area (TPSA) is 17.8 Å². The minimum atomic E-state index is -4.23. The summed E-state index contributed by atoms with van der Waals surface area (Å²) in [5.41, 5.74) is 1.15. The van der Waals surface area contributed by atoms with Crippen molar-refractivity contribution >= 4 is 11.0 Å². The molecule has 0 amide bonds. The highest BCUT2D eigenvalue weighted by Crippen LogP contribution is 2.26. The molecule has 1 aromatic carbocycles. The van der Waals surface area contributed by atoms with Gasteiger partial charge in [0, 0.05) is 5.92 Å². The molecule has 0 radical (unpaired) electrons. The van der Waals surface area contributed by atoms with Gasteiger partial charge < -0.3 is 4.57 Å². The van der Waals surface area contributed by atoms with Crippen LogP contribution in [0, 0.1) is 0 Å². The summed E-state index contributed by atoms with van der Waals surface area (Å²) in [5, 5.41) is 0. The van der Waals surface area contributed by atoms with Gasteiger partial charge >= 0.3 is 6.18 Å². The van der Waals surface area contributed by atoms with Crippen LogP contribution in [0.3, 0.4) is 0 Å². The molecule has 0 aliphatic heterocycles. The van der Waals surface area contributed by atoms with Crippen molar-refractivity contribution in [3.63, 3.8) is 0 Å². The molecule has 0 unspecified atom stereocenters. The molecular formula is C12H13F3N2. The summed E-state index contributed by atoms with van der Waals surface area (Å²) < 4.78 is 38.9. The van der Waals surface area contributed by atoms with E-state index in [1.54, 1.807) is 24.3 Å². The van der Waals surface area contributed by atoms with Gasteiger partial charge in [0.05, 0.1) is 11.0 Å². The summed E-state index contributed by atoms with van der Waals surface area (Å²) in [6.07, 6.45) is -4.23. The molecule has 0 aliphatic carbocycles. The molecule has 2 rings (SSSR count). The van der Waals surface area contributed by atoms with Crippen LogP contribution >= 0.6 is 0 Å². The monoisotopic (exact) mass is 242 g/mol. The molecule has 0 fully saturated rings. The maximum Gasteiger partial charge on any atom is 0.406 e. The second kappa shape index (κ2) is 4.05. The largest absolute Gasteiger partial charge is 0.406 e. The highest BCUT2D eigenvalue weighted by Gasteiger charge is 2.30. The number of hydrogen-bond acceptors (Lipinski definition) is 1. The first kappa shape index (κ1) is 12.0. The van der Waals surface area contributed by atoms with Crippen LogP contribution in [0.25, 0.3) is 11.0 Å². The highest BCUT2D eigenvalue weighted by molar-refractivity contribution is 5.76. The zero-order chi connectivity index (χ0) is 12.6. The maximum absolute atomic E-state index is 12.5. The van der Waals surface area contributed by atoms with Gasteiger partial charge in [-0.05, 0) is 12.1 Å². The Labute approximate surface area is 97.1 Å². The van der Waals surface area contributed by atoms with Crippen molar-refractivity contribution in [3.05, 3.63) is 30.1 Å². The zero-order valence-corrected chi connectivity index (χ0v) is 9.62. The van der Waals surface area contributed by atoms with Gasteiger partial charge in [0.25, 0.3) is 0 Å². The molecule has 0 bridgehead atoms. The van der Waals surface area contributed by atoms with E-state index < -0.39 is 12.7 Å². The van der Waals surface area contributed by atoms with Crippen molar-refractivity contribution in [3.8, 4) is 0 Å². The fourth-order valence-electron chi connectivity index (χ4n) is 1.88. The number of rotatable bonds is 2. The number of benzene rings is 1. The Bertz CT molecular complexity index is 526. The minimum Gasteiger partial charge on any atom is -0.319 e. The Balaban J connectivity index is 2.60. The molecule has 0 saturated heterocycles. The highest BCUT2D eigenvalue weighted by atomic mass is 19.4. The molecule has 17 heavy (non-hydrogen) atoms. The molecule has 0 saturated carbocycles. The lowest BCUT2D eigenvalue weighted by molar-refractivity contribution is -0.140. The molecule has 0 aliphatic rings. The van der Waals surface area contributed by atoms with Gasteiger partial charge in [-0.3, -0.25) is 0 Å². The van der Waals surface area contributed by atoms with Crippen LogP contribution in [-0.4, -0.2) is 15.7 Å². The summed E-state index contributed by atoms with van der Waals surface area (Å²) in [4.78, 5) is 4.26. The molecule has 5 heteroatoms. The van der Waals surface area contributed by atoms with Crippen molar-refractivity contribution in [2.45, 2.75) is 32.5 Å². The van der Waals surface area contributed by atoms with E-state index in [0.717, 1.165) is 0 Å². The summed E-state index contributed by atoms with van der Waals surface area (Å²) >= 11 is 0. The first-order valence-electron chi connectivity index (χ1n) is 5.40.